The molecule has 4 heteroatoms. The van der Waals surface area contributed by atoms with Crippen molar-refractivity contribution in [3.05, 3.63) is 82.6 Å². The van der Waals surface area contributed by atoms with E-state index in [0.29, 0.717) is 6.54 Å². The maximum Gasteiger partial charge on any atom is 0.134 e. The summed E-state index contributed by atoms with van der Waals surface area (Å²) in [5, 5.41) is 14.5. The third-order valence-electron chi connectivity index (χ3n) is 4.41. The van der Waals surface area contributed by atoms with E-state index >= 15 is 0 Å². The summed E-state index contributed by atoms with van der Waals surface area (Å²) in [7, 11) is 0. The number of hydrogen-bond acceptors (Lipinski definition) is 3. The van der Waals surface area contributed by atoms with Gasteiger partial charge in [-0.05, 0) is 43.2 Å². The van der Waals surface area contributed by atoms with Crippen LogP contribution in [0.4, 0.5) is 0 Å². The van der Waals surface area contributed by atoms with E-state index in [0.717, 1.165) is 33.2 Å². The molecule has 0 aliphatic carbocycles. The lowest BCUT2D eigenvalue weighted by atomic mass is 10.0. The van der Waals surface area contributed by atoms with E-state index in [-0.39, 0.29) is 6.04 Å². The van der Waals surface area contributed by atoms with E-state index in [9.17, 15) is 5.11 Å². The Morgan fingerprint density at radius 3 is 2.56 bits per heavy atom. The van der Waals surface area contributed by atoms with Crippen molar-refractivity contribution in [3.63, 3.8) is 0 Å². The zero-order valence-electron chi connectivity index (χ0n) is 14.4. The van der Waals surface area contributed by atoms with Crippen molar-refractivity contribution in [1.82, 2.24) is 5.32 Å². The smallest absolute Gasteiger partial charge is 0.134 e. The highest BCUT2D eigenvalue weighted by atomic mass is 35.5. The van der Waals surface area contributed by atoms with Crippen molar-refractivity contribution < 1.29 is 9.52 Å². The average Bonchev–Trinajstić information content (AvgIpc) is 3.11. The van der Waals surface area contributed by atoms with Crippen molar-refractivity contribution >= 4 is 11.6 Å². The van der Waals surface area contributed by atoms with Crippen LogP contribution in [0.1, 0.15) is 29.9 Å². The lowest BCUT2D eigenvalue weighted by Crippen LogP contribution is -2.31. The van der Waals surface area contributed by atoms with Gasteiger partial charge >= 0.3 is 0 Å². The SMILES string of the molecule is Cc1c(Cl)cccc1-c1ccc(CNC(C)C(O)c2ccccc2)o1. The molecule has 0 aliphatic rings. The van der Waals surface area contributed by atoms with Crippen molar-refractivity contribution in [3.8, 4) is 11.3 Å². The Bertz CT molecular complexity index is 829. The van der Waals surface area contributed by atoms with Gasteiger partial charge in [-0.25, -0.2) is 0 Å². The molecular weight excluding hydrogens is 334 g/mol. The second-order valence-corrected chi connectivity index (χ2v) is 6.61. The summed E-state index contributed by atoms with van der Waals surface area (Å²) in [4.78, 5) is 0. The quantitative estimate of drug-likeness (QED) is 0.645. The molecule has 0 saturated carbocycles. The van der Waals surface area contributed by atoms with Gasteiger partial charge in [0.1, 0.15) is 11.5 Å². The van der Waals surface area contributed by atoms with Gasteiger partial charge in [-0.15, -0.1) is 0 Å². The van der Waals surface area contributed by atoms with E-state index in [2.05, 4.69) is 5.32 Å². The molecule has 2 N–H and O–H groups in total. The van der Waals surface area contributed by atoms with E-state index in [1.807, 2.05) is 74.5 Å². The molecule has 0 aliphatic heterocycles. The van der Waals surface area contributed by atoms with Gasteiger partial charge in [-0.2, -0.15) is 0 Å². The molecule has 0 saturated heterocycles. The van der Waals surface area contributed by atoms with Gasteiger partial charge in [0.15, 0.2) is 0 Å². The van der Waals surface area contributed by atoms with Crippen molar-refractivity contribution in [2.24, 2.45) is 0 Å². The molecule has 3 nitrogen and oxygen atoms in total. The van der Waals surface area contributed by atoms with E-state index in [1.54, 1.807) is 0 Å². The maximum absolute atomic E-state index is 10.4. The Hall–Kier alpha value is -2.07. The number of furan rings is 1. The summed E-state index contributed by atoms with van der Waals surface area (Å²) < 4.78 is 5.94. The van der Waals surface area contributed by atoms with Crippen LogP contribution in [0.25, 0.3) is 11.3 Å². The number of rotatable bonds is 6. The van der Waals surface area contributed by atoms with Gasteiger partial charge in [0.05, 0.1) is 12.6 Å². The van der Waals surface area contributed by atoms with Gasteiger partial charge in [-0.1, -0.05) is 54.1 Å². The highest BCUT2D eigenvalue weighted by Crippen LogP contribution is 2.29. The third-order valence-corrected chi connectivity index (χ3v) is 4.82. The molecule has 0 amide bonds. The van der Waals surface area contributed by atoms with E-state index in [1.165, 1.54) is 0 Å². The fraction of sp³-hybridized carbons (Fsp3) is 0.238. The number of halogens is 1. The molecular formula is C21H22ClNO2. The van der Waals surface area contributed by atoms with Crippen LogP contribution in [-0.2, 0) is 6.54 Å². The molecule has 25 heavy (non-hydrogen) atoms. The Morgan fingerprint density at radius 2 is 1.80 bits per heavy atom. The minimum Gasteiger partial charge on any atom is -0.460 e. The summed E-state index contributed by atoms with van der Waals surface area (Å²) >= 11 is 6.18. The normalized spacial score (nSPS) is 13.6. The number of benzene rings is 2. The number of hydrogen-bond donors (Lipinski definition) is 2. The van der Waals surface area contributed by atoms with E-state index in [4.69, 9.17) is 16.0 Å². The largest absolute Gasteiger partial charge is 0.460 e. The summed E-state index contributed by atoms with van der Waals surface area (Å²) in [6.45, 7) is 4.49. The van der Waals surface area contributed by atoms with Gasteiger partial charge in [0.25, 0.3) is 0 Å². The first-order valence-corrected chi connectivity index (χ1v) is 8.74. The first kappa shape index (κ1) is 17.7. The van der Waals surface area contributed by atoms with Crippen molar-refractivity contribution in [2.45, 2.75) is 32.5 Å². The van der Waals surface area contributed by atoms with Gasteiger partial charge < -0.3 is 14.8 Å². The van der Waals surface area contributed by atoms with Crippen LogP contribution in [0.2, 0.25) is 5.02 Å². The first-order valence-electron chi connectivity index (χ1n) is 8.37. The molecule has 2 aromatic carbocycles. The Labute approximate surface area is 153 Å². The van der Waals surface area contributed by atoms with E-state index < -0.39 is 6.10 Å². The van der Waals surface area contributed by atoms with Crippen LogP contribution in [0.5, 0.6) is 0 Å². The first-order chi connectivity index (χ1) is 12.1. The summed E-state index contributed by atoms with van der Waals surface area (Å²) in [5.74, 6) is 1.62. The van der Waals surface area contributed by atoms with Crippen molar-refractivity contribution in [1.29, 1.82) is 0 Å². The molecule has 3 aromatic rings. The van der Waals surface area contributed by atoms with Crippen LogP contribution in [0, 0.1) is 6.92 Å². The third kappa shape index (κ3) is 4.13. The zero-order valence-corrected chi connectivity index (χ0v) is 15.1. The van der Waals surface area contributed by atoms with Crippen LogP contribution in [0.3, 0.4) is 0 Å². The molecule has 2 unspecified atom stereocenters. The Balaban J connectivity index is 1.65. The average molecular weight is 356 g/mol. The predicted octanol–water partition coefficient (Wildman–Crippen LogP) is 5.12. The fourth-order valence-corrected chi connectivity index (χ4v) is 2.98. The lowest BCUT2D eigenvalue weighted by Gasteiger charge is -2.20. The lowest BCUT2D eigenvalue weighted by molar-refractivity contribution is 0.134. The Kier molecular flexibility index (Phi) is 5.59. The number of aliphatic hydroxyl groups excluding tert-OH is 1. The Morgan fingerprint density at radius 1 is 1.04 bits per heavy atom. The van der Waals surface area contributed by atoms with Gasteiger partial charge in [-0.3, -0.25) is 0 Å². The highest BCUT2D eigenvalue weighted by molar-refractivity contribution is 6.31. The molecule has 0 spiro atoms. The van der Waals surface area contributed by atoms with Gasteiger partial charge in [0.2, 0.25) is 0 Å². The second kappa shape index (κ2) is 7.87. The molecule has 1 aromatic heterocycles. The van der Waals surface area contributed by atoms with Crippen LogP contribution >= 0.6 is 11.6 Å². The van der Waals surface area contributed by atoms with Crippen LogP contribution < -0.4 is 5.32 Å². The molecule has 0 bridgehead atoms. The molecule has 2 atom stereocenters. The maximum atomic E-state index is 10.4. The standard InChI is InChI=1S/C21H22ClNO2/c1-14-18(9-6-10-19(14)22)20-12-11-17(25-20)13-23-15(2)21(24)16-7-4-3-5-8-16/h3-12,15,21,23-24H,13H2,1-2H3. The fourth-order valence-electron chi connectivity index (χ4n) is 2.80. The minimum atomic E-state index is -0.564. The predicted molar refractivity (Wildman–Crippen MR) is 102 cm³/mol. The van der Waals surface area contributed by atoms with Crippen LogP contribution in [-0.4, -0.2) is 11.1 Å². The summed E-state index contributed by atoms with van der Waals surface area (Å²) in [6, 6.07) is 19.2. The molecule has 0 radical (unpaired) electrons. The summed E-state index contributed by atoms with van der Waals surface area (Å²) in [6.07, 6.45) is -0.564. The number of nitrogens with one attached hydrogen (secondary N) is 1. The van der Waals surface area contributed by atoms with Crippen LogP contribution in [0.15, 0.2) is 65.1 Å². The molecule has 0 fully saturated rings. The number of aliphatic hydroxyl groups is 1. The zero-order chi connectivity index (χ0) is 17.8. The van der Waals surface area contributed by atoms with Crippen molar-refractivity contribution in [2.75, 3.05) is 0 Å². The molecule has 130 valence electrons. The topological polar surface area (TPSA) is 45.4 Å². The van der Waals surface area contributed by atoms with Gasteiger partial charge in [0, 0.05) is 16.6 Å². The molecule has 3 rings (SSSR count). The molecule has 1 heterocycles. The highest BCUT2D eigenvalue weighted by Gasteiger charge is 2.16. The summed E-state index contributed by atoms with van der Waals surface area (Å²) in [5.41, 5.74) is 2.90. The minimum absolute atomic E-state index is 0.0937. The second-order valence-electron chi connectivity index (χ2n) is 6.20. The monoisotopic (exact) mass is 355 g/mol.